The Morgan fingerprint density at radius 2 is 2.13 bits per heavy atom. The molecule has 2 aliphatic rings. The molecular formula is C16H20N2O5. The number of ether oxygens (including phenoxy) is 3. The molecule has 3 rings (SSSR count). The first kappa shape index (κ1) is 15.5. The molecule has 0 radical (unpaired) electrons. The maximum atomic E-state index is 12.5. The largest absolute Gasteiger partial charge is 0.493 e. The maximum Gasteiger partial charge on any atom is 0.252 e. The van der Waals surface area contributed by atoms with Gasteiger partial charge in [0.15, 0.2) is 11.5 Å². The first-order valence-corrected chi connectivity index (χ1v) is 7.75. The molecule has 1 aromatic carbocycles. The summed E-state index contributed by atoms with van der Waals surface area (Å²) in [5.74, 6) is 0.953. The summed E-state index contributed by atoms with van der Waals surface area (Å²) < 4.78 is 16.3. The molecule has 0 unspecified atom stereocenters. The first-order valence-electron chi connectivity index (χ1n) is 7.75. The van der Waals surface area contributed by atoms with Crippen molar-refractivity contribution in [2.45, 2.75) is 25.3 Å². The van der Waals surface area contributed by atoms with E-state index in [4.69, 9.17) is 14.2 Å². The van der Waals surface area contributed by atoms with Crippen LogP contribution in [-0.4, -0.2) is 44.7 Å². The predicted octanol–water partition coefficient (Wildman–Crippen LogP) is 0.865. The fraction of sp³-hybridized carbons (Fsp3) is 0.500. The van der Waals surface area contributed by atoms with E-state index in [0.29, 0.717) is 49.0 Å². The fourth-order valence-corrected chi connectivity index (χ4v) is 2.72. The number of methoxy groups -OCH3 is 1. The van der Waals surface area contributed by atoms with Crippen LogP contribution < -0.4 is 24.8 Å². The molecule has 0 saturated carbocycles. The third-order valence-corrected chi connectivity index (χ3v) is 3.93. The number of amides is 2. The fourth-order valence-electron chi connectivity index (χ4n) is 2.72. The molecule has 1 saturated heterocycles. The number of benzene rings is 1. The van der Waals surface area contributed by atoms with Crippen LogP contribution in [0, 0.1) is 0 Å². The SMILES string of the molecule is COc1cc(C(=O)N[C@H]2CCCCNC2=O)cc2c1OCCO2. The highest BCUT2D eigenvalue weighted by Crippen LogP contribution is 2.40. The molecule has 0 aromatic heterocycles. The topological polar surface area (TPSA) is 85.9 Å². The number of nitrogens with one attached hydrogen (secondary N) is 2. The normalized spacial score (nSPS) is 20.2. The Morgan fingerprint density at radius 1 is 1.30 bits per heavy atom. The Hall–Kier alpha value is -2.44. The maximum absolute atomic E-state index is 12.5. The lowest BCUT2D eigenvalue weighted by atomic mass is 10.1. The van der Waals surface area contributed by atoms with Crippen molar-refractivity contribution in [2.24, 2.45) is 0 Å². The van der Waals surface area contributed by atoms with Gasteiger partial charge in [0, 0.05) is 12.1 Å². The van der Waals surface area contributed by atoms with Crippen LogP contribution in [-0.2, 0) is 4.79 Å². The van der Waals surface area contributed by atoms with E-state index in [2.05, 4.69) is 10.6 Å². The van der Waals surface area contributed by atoms with Crippen LogP contribution >= 0.6 is 0 Å². The number of hydrogen-bond acceptors (Lipinski definition) is 5. The second kappa shape index (κ2) is 6.76. The lowest BCUT2D eigenvalue weighted by molar-refractivity contribution is -0.122. The zero-order valence-electron chi connectivity index (χ0n) is 13.0. The molecule has 124 valence electrons. The zero-order valence-corrected chi connectivity index (χ0v) is 13.0. The van der Waals surface area contributed by atoms with Gasteiger partial charge in [0.05, 0.1) is 7.11 Å². The van der Waals surface area contributed by atoms with E-state index < -0.39 is 6.04 Å². The Kier molecular flexibility index (Phi) is 4.55. The van der Waals surface area contributed by atoms with Crippen molar-refractivity contribution in [3.05, 3.63) is 17.7 Å². The van der Waals surface area contributed by atoms with E-state index in [9.17, 15) is 9.59 Å². The van der Waals surface area contributed by atoms with Gasteiger partial charge in [0.1, 0.15) is 19.3 Å². The highest BCUT2D eigenvalue weighted by molar-refractivity contribution is 5.98. The highest BCUT2D eigenvalue weighted by Gasteiger charge is 2.25. The second-order valence-corrected chi connectivity index (χ2v) is 5.52. The zero-order chi connectivity index (χ0) is 16.2. The number of carbonyl (C=O) groups excluding carboxylic acids is 2. The van der Waals surface area contributed by atoms with Gasteiger partial charge in [0.2, 0.25) is 11.7 Å². The van der Waals surface area contributed by atoms with Crippen molar-refractivity contribution >= 4 is 11.8 Å². The average molecular weight is 320 g/mol. The molecule has 1 fully saturated rings. The van der Waals surface area contributed by atoms with E-state index >= 15 is 0 Å². The molecule has 2 N–H and O–H groups in total. The third-order valence-electron chi connectivity index (χ3n) is 3.93. The van der Waals surface area contributed by atoms with Crippen molar-refractivity contribution in [1.29, 1.82) is 0 Å². The van der Waals surface area contributed by atoms with Crippen molar-refractivity contribution in [2.75, 3.05) is 26.9 Å². The molecule has 2 aliphatic heterocycles. The number of hydrogen-bond donors (Lipinski definition) is 2. The Balaban J connectivity index is 1.80. The molecular weight excluding hydrogens is 300 g/mol. The van der Waals surface area contributed by atoms with Crippen LogP contribution in [0.1, 0.15) is 29.6 Å². The molecule has 1 aromatic rings. The van der Waals surface area contributed by atoms with E-state index in [1.165, 1.54) is 7.11 Å². The summed E-state index contributed by atoms with van der Waals surface area (Å²) in [4.78, 5) is 24.4. The third kappa shape index (κ3) is 3.33. The molecule has 2 heterocycles. The Bertz CT molecular complexity index is 599. The van der Waals surface area contributed by atoms with Crippen LogP contribution in [0.15, 0.2) is 12.1 Å². The van der Waals surface area contributed by atoms with E-state index in [0.717, 1.165) is 12.8 Å². The van der Waals surface area contributed by atoms with Gasteiger partial charge < -0.3 is 24.8 Å². The van der Waals surface area contributed by atoms with Gasteiger partial charge in [-0.25, -0.2) is 0 Å². The van der Waals surface area contributed by atoms with E-state index in [1.807, 2.05) is 0 Å². The van der Waals surface area contributed by atoms with Gasteiger partial charge in [-0.3, -0.25) is 9.59 Å². The predicted molar refractivity (Wildman–Crippen MR) is 82.1 cm³/mol. The monoisotopic (exact) mass is 320 g/mol. The summed E-state index contributed by atoms with van der Waals surface area (Å²) in [7, 11) is 1.51. The van der Waals surface area contributed by atoms with Crippen molar-refractivity contribution in [1.82, 2.24) is 10.6 Å². The molecule has 0 bridgehead atoms. The van der Waals surface area contributed by atoms with Gasteiger partial charge in [-0.2, -0.15) is 0 Å². The summed E-state index contributed by atoms with van der Waals surface area (Å²) in [6.07, 6.45) is 2.46. The molecule has 2 amide bonds. The summed E-state index contributed by atoms with van der Waals surface area (Å²) in [6, 6.07) is 2.70. The Labute approximate surface area is 134 Å². The standard InChI is InChI=1S/C16H20N2O5/c1-21-12-8-10(9-13-14(12)23-7-6-22-13)15(19)18-11-4-2-3-5-17-16(11)20/h8-9,11H,2-7H2,1H3,(H,17,20)(H,18,19)/t11-/m0/s1. The van der Waals surface area contributed by atoms with Gasteiger partial charge in [0.25, 0.3) is 5.91 Å². The smallest absolute Gasteiger partial charge is 0.252 e. The van der Waals surface area contributed by atoms with E-state index in [-0.39, 0.29) is 11.8 Å². The summed E-state index contributed by atoms with van der Waals surface area (Å²) >= 11 is 0. The minimum Gasteiger partial charge on any atom is -0.493 e. The van der Waals surface area contributed by atoms with Gasteiger partial charge in [-0.1, -0.05) is 0 Å². The number of carbonyl (C=O) groups is 2. The lowest BCUT2D eigenvalue weighted by Gasteiger charge is -2.22. The minimum absolute atomic E-state index is 0.139. The van der Waals surface area contributed by atoms with E-state index in [1.54, 1.807) is 12.1 Å². The number of fused-ring (bicyclic) bond motifs is 1. The van der Waals surface area contributed by atoms with Gasteiger partial charge in [-0.15, -0.1) is 0 Å². The summed E-state index contributed by atoms with van der Waals surface area (Å²) in [5, 5.41) is 5.58. The molecule has 1 atom stereocenters. The van der Waals surface area contributed by atoms with Gasteiger partial charge >= 0.3 is 0 Å². The van der Waals surface area contributed by atoms with Crippen LogP contribution in [0.5, 0.6) is 17.2 Å². The van der Waals surface area contributed by atoms with Crippen molar-refractivity contribution in [3.8, 4) is 17.2 Å². The van der Waals surface area contributed by atoms with Crippen molar-refractivity contribution < 1.29 is 23.8 Å². The molecule has 0 aliphatic carbocycles. The van der Waals surface area contributed by atoms with Crippen molar-refractivity contribution in [3.63, 3.8) is 0 Å². The lowest BCUT2D eigenvalue weighted by Crippen LogP contribution is -2.45. The molecule has 23 heavy (non-hydrogen) atoms. The molecule has 7 heteroatoms. The van der Waals surface area contributed by atoms with Crippen LogP contribution in [0.4, 0.5) is 0 Å². The highest BCUT2D eigenvalue weighted by atomic mass is 16.6. The first-order chi connectivity index (χ1) is 11.2. The minimum atomic E-state index is -0.510. The molecule has 7 nitrogen and oxygen atoms in total. The number of rotatable bonds is 3. The average Bonchev–Trinajstić information content (AvgIpc) is 2.78. The second-order valence-electron chi connectivity index (χ2n) is 5.52. The Morgan fingerprint density at radius 3 is 2.96 bits per heavy atom. The van der Waals surface area contributed by atoms with Gasteiger partial charge in [-0.05, 0) is 31.4 Å². The molecule has 0 spiro atoms. The van der Waals surface area contributed by atoms with Crippen LogP contribution in [0.25, 0.3) is 0 Å². The van der Waals surface area contributed by atoms with Crippen LogP contribution in [0.2, 0.25) is 0 Å². The van der Waals surface area contributed by atoms with Crippen LogP contribution in [0.3, 0.4) is 0 Å². The summed E-state index contributed by atoms with van der Waals surface area (Å²) in [5.41, 5.74) is 0.378. The quantitative estimate of drug-likeness (QED) is 0.863. The summed E-state index contributed by atoms with van der Waals surface area (Å²) in [6.45, 7) is 1.52.